The van der Waals surface area contributed by atoms with Crippen molar-refractivity contribution < 1.29 is 33.2 Å². The smallest absolute Gasteiger partial charge is 0.0701 e. The summed E-state index contributed by atoms with van der Waals surface area (Å²) in [5, 5.41) is 0. The molecule has 0 radical (unpaired) electrons. The molecule has 0 aliphatic carbocycles. The highest BCUT2D eigenvalue weighted by Gasteiger charge is 1.96. The summed E-state index contributed by atoms with van der Waals surface area (Å²) in [6, 6.07) is 0. The van der Waals surface area contributed by atoms with E-state index in [1.54, 1.807) is 0 Å². The quantitative estimate of drug-likeness (QED) is 0.651. The van der Waals surface area contributed by atoms with Gasteiger partial charge in [-0.2, -0.15) is 0 Å². The zero-order valence-corrected chi connectivity index (χ0v) is 14.2. The predicted molar refractivity (Wildman–Crippen MR) is 85.0 cm³/mol. The molecule has 0 spiro atoms. The van der Waals surface area contributed by atoms with E-state index >= 15 is 0 Å². The van der Waals surface area contributed by atoms with Crippen molar-refractivity contribution in [1.29, 1.82) is 0 Å². The van der Waals surface area contributed by atoms with Crippen molar-refractivity contribution in [3.05, 3.63) is 0 Å². The minimum absolute atomic E-state index is 0.586. The first-order chi connectivity index (χ1) is 11.5. The first-order valence-electron chi connectivity index (χ1n) is 8.54. The average Bonchev–Trinajstić information content (AvgIpc) is 3.15. The van der Waals surface area contributed by atoms with Gasteiger partial charge in [0.15, 0.2) is 0 Å². The Morgan fingerprint density at radius 2 is 0.391 bits per heavy atom. The van der Waals surface area contributed by atoms with Gasteiger partial charge in [0.1, 0.15) is 0 Å². The molecule has 138 valence electrons. The fraction of sp³-hybridized carbons (Fsp3) is 1.00. The van der Waals surface area contributed by atoms with Crippen molar-refractivity contribution in [1.82, 2.24) is 0 Å². The topological polar surface area (TPSA) is 64.6 Å². The second kappa shape index (κ2) is 18.1. The SMILES string of the molecule is C1CCOC1.C1COCCOCCOCCOCCOCCO1. The molecule has 2 heterocycles. The van der Waals surface area contributed by atoms with E-state index in [4.69, 9.17) is 33.2 Å². The van der Waals surface area contributed by atoms with Crippen LogP contribution in [0.1, 0.15) is 12.8 Å². The van der Waals surface area contributed by atoms with Crippen LogP contribution in [-0.2, 0) is 33.2 Å². The molecule has 0 aromatic rings. The van der Waals surface area contributed by atoms with Crippen LogP contribution in [0.25, 0.3) is 0 Å². The van der Waals surface area contributed by atoms with Crippen LogP contribution in [0.5, 0.6) is 0 Å². The molecule has 2 saturated heterocycles. The van der Waals surface area contributed by atoms with E-state index in [9.17, 15) is 0 Å². The zero-order valence-electron chi connectivity index (χ0n) is 14.2. The Morgan fingerprint density at radius 3 is 0.522 bits per heavy atom. The van der Waals surface area contributed by atoms with Gasteiger partial charge in [-0.05, 0) is 12.8 Å². The lowest BCUT2D eigenvalue weighted by Crippen LogP contribution is -2.16. The zero-order chi connectivity index (χ0) is 16.3. The molecule has 23 heavy (non-hydrogen) atoms. The van der Waals surface area contributed by atoms with Crippen LogP contribution in [-0.4, -0.2) is 92.5 Å². The summed E-state index contributed by atoms with van der Waals surface area (Å²) in [7, 11) is 0. The highest BCUT2D eigenvalue weighted by atomic mass is 16.6. The monoisotopic (exact) mass is 336 g/mol. The van der Waals surface area contributed by atoms with Gasteiger partial charge in [0.25, 0.3) is 0 Å². The lowest BCUT2D eigenvalue weighted by molar-refractivity contribution is -0.0334. The van der Waals surface area contributed by atoms with Crippen LogP contribution in [0.3, 0.4) is 0 Å². The van der Waals surface area contributed by atoms with Crippen LogP contribution in [0, 0.1) is 0 Å². The average molecular weight is 336 g/mol. The van der Waals surface area contributed by atoms with Gasteiger partial charge < -0.3 is 33.2 Å². The third kappa shape index (κ3) is 16.4. The normalized spacial score (nSPS) is 24.0. The van der Waals surface area contributed by atoms with Gasteiger partial charge in [0.05, 0.1) is 79.3 Å². The van der Waals surface area contributed by atoms with Crippen LogP contribution in [0.15, 0.2) is 0 Å². The maximum absolute atomic E-state index is 5.33. The summed E-state index contributed by atoms with van der Waals surface area (Å²) in [5.74, 6) is 0. The van der Waals surface area contributed by atoms with Crippen LogP contribution in [0.2, 0.25) is 0 Å². The molecule has 0 unspecified atom stereocenters. The standard InChI is InChI=1S/C12H24O6.C4H8O/c1-2-14-5-6-16-9-10-18-12-11-17-8-7-15-4-3-13-1;1-2-4-5-3-1/h1-12H2;1-4H2. The summed E-state index contributed by atoms with van der Waals surface area (Å²) in [5.41, 5.74) is 0. The molecule has 0 aromatic heterocycles. The van der Waals surface area contributed by atoms with E-state index in [1.807, 2.05) is 0 Å². The third-order valence-corrected chi connectivity index (χ3v) is 3.06. The summed E-state index contributed by atoms with van der Waals surface area (Å²) in [6.07, 6.45) is 2.56. The largest absolute Gasteiger partial charge is 0.381 e. The van der Waals surface area contributed by atoms with Crippen molar-refractivity contribution in [2.24, 2.45) is 0 Å². The van der Waals surface area contributed by atoms with Crippen molar-refractivity contribution in [2.45, 2.75) is 12.8 Å². The van der Waals surface area contributed by atoms with Crippen molar-refractivity contribution in [2.75, 3.05) is 92.5 Å². The maximum atomic E-state index is 5.33. The predicted octanol–water partition coefficient (Wildman–Crippen LogP) is 0.896. The first-order valence-corrected chi connectivity index (χ1v) is 8.54. The lowest BCUT2D eigenvalue weighted by Gasteiger charge is -2.09. The van der Waals surface area contributed by atoms with Crippen LogP contribution >= 0.6 is 0 Å². The highest BCUT2D eigenvalue weighted by molar-refractivity contribution is 4.43. The summed E-state index contributed by atoms with van der Waals surface area (Å²) in [4.78, 5) is 0. The molecule has 0 bridgehead atoms. The summed E-state index contributed by atoms with van der Waals surface area (Å²) in [6.45, 7) is 9.04. The van der Waals surface area contributed by atoms with Gasteiger partial charge in [-0.1, -0.05) is 0 Å². The highest BCUT2D eigenvalue weighted by Crippen LogP contribution is 1.98. The Bertz CT molecular complexity index is 142. The second-order valence-corrected chi connectivity index (χ2v) is 4.99. The summed E-state index contributed by atoms with van der Waals surface area (Å²) < 4.78 is 36.9. The van der Waals surface area contributed by atoms with Crippen molar-refractivity contribution in [3.8, 4) is 0 Å². The first kappa shape index (κ1) is 20.8. The Hall–Kier alpha value is -0.280. The van der Waals surface area contributed by atoms with Gasteiger partial charge in [-0.25, -0.2) is 0 Å². The fourth-order valence-corrected chi connectivity index (χ4v) is 1.83. The molecule has 7 nitrogen and oxygen atoms in total. The second-order valence-electron chi connectivity index (χ2n) is 4.99. The van der Waals surface area contributed by atoms with E-state index in [0.29, 0.717) is 79.3 Å². The Morgan fingerprint density at radius 1 is 0.217 bits per heavy atom. The minimum atomic E-state index is 0.586. The summed E-state index contributed by atoms with van der Waals surface area (Å²) >= 11 is 0. The van der Waals surface area contributed by atoms with Crippen molar-refractivity contribution in [3.63, 3.8) is 0 Å². The van der Waals surface area contributed by atoms with Gasteiger partial charge in [-0.3, -0.25) is 0 Å². The molecule has 7 heteroatoms. The Kier molecular flexibility index (Phi) is 16.3. The number of rotatable bonds is 0. The molecule has 0 aromatic carbocycles. The molecular formula is C16H32O7. The molecule has 0 N–H and O–H groups in total. The van der Waals surface area contributed by atoms with E-state index in [0.717, 1.165) is 13.2 Å². The minimum Gasteiger partial charge on any atom is -0.381 e. The van der Waals surface area contributed by atoms with E-state index in [-0.39, 0.29) is 0 Å². The Labute approximate surface area is 139 Å². The molecule has 0 atom stereocenters. The maximum Gasteiger partial charge on any atom is 0.0701 e. The van der Waals surface area contributed by atoms with E-state index in [1.165, 1.54) is 12.8 Å². The molecule has 0 saturated carbocycles. The third-order valence-electron chi connectivity index (χ3n) is 3.06. The van der Waals surface area contributed by atoms with Crippen molar-refractivity contribution >= 4 is 0 Å². The molecule has 0 amide bonds. The van der Waals surface area contributed by atoms with E-state index in [2.05, 4.69) is 0 Å². The molecule has 2 fully saturated rings. The number of hydrogen-bond acceptors (Lipinski definition) is 7. The van der Waals surface area contributed by atoms with Crippen LogP contribution < -0.4 is 0 Å². The van der Waals surface area contributed by atoms with Gasteiger partial charge in [-0.15, -0.1) is 0 Å². The van der Waals surface area contributed by atoms with Gasteiger partial charge in [0, 0.05) is 13.2 Å². The number of ether oxygens (including phenoxy) is 7. The van der Waals surface area contributed by atoms with E-state index < -0.39 is 0 Å². The number of hydrogen-bond donors (Lipinski definition) is 0. The lowest BCUT2D eigenvalue weighted by atomic mass is 10.4. The van der Waals surface area contributed by atoms with Crippen LogP contribution in [0.4, 0.5) is 0 Å². The molecule has 2 rings (SSSR count). The Balaban J connectivity index is 0.000000446. The van der Waals surface area contributed by atoms with Gasteiger partial charge >= 0.3 is 0 Å². The fourth-order valence-electron chi connectivity index (χ4n) is 1.83. The molecule has 2 aliphatic heterocycles. The molecule has 2 aliphatic rings. The molecular weight excluding hydrogens is 304 g/mol. The van der Waals surface area contributed by atoms with Gasteiger partial charge in [0.2, 0.25) is 0 Å².